The van der Waals surface area contributed by atoms with Gasteiger partial charge >= 0.3 is 0 Å². The lowest BCUT2D eigenvalue weighted by Crippen LogP contribution is -2.50. The first-order valence-electron chi connectivity index (χ1n) is 11.3. The van der Waals surface area contributed by atoms with Crippen molar-refractivity contribution >= 4 is 22.9 Å². The highest BCUT2D eigenvalue weighted by Gasteiger charge is 2.28. The molecule has 0 spiro atoms. The summed E-state index contributed by atoms with van der Waals surface area (Å²) in [6.45, 7) is 8.23. The van der Waals surface area contributed by atoms with E-state index in [4.69, 9.17) is 4.52 Å². The highest BCUT2D eigenvalue weighted by molar-refractivity contribution is 6.06. The number of pyridine rings is 1. The van der Waals surface area contributed by atoms with Gasteiger partial charge in [0.25, 0.3) is 11.6 Å². The number of aromatic nitrogens is 2. The topological polar surface area (TPSA) is 79.5 Å². The Kier molecular flexibility index (Phi) is 6.06. The Bertz CT molecular complexity index is 922. The fraction of sp³-hybridized carbons (Fsp3) is 0.652. The van der Waals surface area contributed by atoms with E-state index in [0.29, 0.717) is 55.0 Å². The van der Waals surface area contributed by atoms with Crippen LogP contribution >= 0.6 is 0 Å². The average molecular weight is 413 g/mol. The molecule has 2 aromatic rings. The average Bonchev–Trinajstić information content (AvgIpc) is 3.41. The Balaban J connectivity index is 1.42. The third kappa shape index (κ3) is 4.20. The number of hydrogen-bond donors (Lipinski definition) is 0. The van der Waals surface area contributed by atoms with Crippen molar-refractivity contribution in [2.24, 2.45) is 5.92 Å². The van der Waals surface area contributed by atoms with E-state index in [-0.39, 0.29) is 17.7 Å². The Morgan fingerprint density at radius 3 is 2.47 bits per heavy atom. The summed E-state index contributed by atoms with van der Waals surface area (Å²) in [4.78, 5) is 34.2. The smallest absolute Gasteiger partial charge is 0.259 e. The lowest BCUT2D eigenvalue weighted by atomic mass is 10.0. The van der Waals surface area contributed by atoms with Crippen molar-refractivity contribution < 1.29 is 14.1 Å². The summed E-state index contributed by atoms with van der Waals surface area (Å²) in [5.41, 5.74) is 2.52. The Morgan fingerprint density at radius 1 is 1.13 bits per heavy atom. The van der Waals surface area contributed by atoms with Crippen LogP contribution in [0.25, 0.3) is 11.1 Å². The first-order valence-corrected chi connectivity index (χ1v) is 11.3. The molecule has 0 atom stereocenters. The number of carbonyl (C=O) groups excluding carboxylic acids is 2. The molecule has 0 N–H and O–H groups in total. The molecule has 2 fully saturated rings. The van der Waals surface area contributed by atoms with Gasteiger partial charge in [-0.3, -0.25) is 9.59 Å². The Hall–Kier alpha value is -2.44. The van der Waals surface area contributed by atoms with Crippen molar-refractivity contribution in [3.63, 3.8) is 0 Å². The van der Waals surface area contributed by atoms with E-state index >= 15 is 0 Å². The van der Waals surface area contributed by atoms with E-state index in [1.54, 1.807) is 0 Å². The summed E-state index contributed by atoms with van der Waals surface area (Å²) in [5.74, 6) is 1.11. The van der Waals surface area contributed by atoms with Gasteiger partial charge in [0, 0.05) is 38.3 Å². The molecule has 30 heavy (non-hydrogen) atoms. The van der Waals surface area contributed by atoms with E-state index in [0.717, 1.165) is 18.0 Å². The van der Waals surface area contributed by atoms with Crippen molar-refractivity contribution in [1.29, 1.82) is 0 Å². The van der Waals surface area contributed by atoms with Gasteiger partial charge in [0.05, 0.1) is 16.6 Å². The number of nitrogens with zero attached hydrogens (tertiary/aromatic N) is 4. The molecule has 2 amide bonds. The van der Waals surface area contributed by atoms with Gasteiger partial charge in [0.2, 0.25) is 5.91 Å². The molecule has 4 rings (SSSR count). The highest BCUT2D eigenvalue weighted by Crippen LogP contribution is 2.29. The van der Waals surface area contributed by atoms with Crippen LogP contribution in [0.1, 0.15) is 80.0 Å². The van der Waals surface area contributed by atoms with Crippen molar-refractivity contribution in [3.8, 4) is 0 Å². The van der Waals surface area contributed by atoms with Crippen LogP contribution < -0.4 is 0 Å². The summed E-state index contributed by atoms with van der Waals surface area (Å²) in [6.07, 6.45) is 6.82. The summed E-state index contributed by atoms with van der Waals surface area (Å²) in [5, 5.41) is 4.71. The molecule has 3 heterocycles. The van der Waals surface area contributed by atoms with E-state index < -0.39 is 0 Å². The minimum absolute atomic E-state index is 0.0337. The van der Waals surface area contributed by atoms with Gasteiger partial charge in [-0.1, -0.05) is 44.7 Å². The van der Waals surface area contributed by atoms with Crippen LogP contribution in [-0.4, -0.2) is 57.9 Å². The van der Waals surface area contributed by atoms with E-state index in [1.165, 1.54) is 25.7 Å². The zero-order chi connectivity index (χ0) is 21.3. The number of aryl methyl sites for hydroxylation is 1. The second-order valence-electron chi connectivity index (χ2n) is 9.06. The summed E-state index contributed by atoms with van der Waals surface area (Å²) >= 11 is 0. The van der Waals surface area contributed by atoms with Gasteiger partial charge in [0.1, 0.15) is 0 Å². The van der Waals surface area contributed by atoms with Crippen LogP contribution in [0.3, 0.4) is 0 Å². The SMILES string of the molecule is Cc1noc2nc(C(C)C)cc(C(=O)N3CCN(C(=O)CCC4CCCC4)CC3)c12. The zero-order valence-corrected chi connectivity index (χ0v) is 18.3. The molecule has 2 aromatic heterocycles. The van der Waals surface area contributed by atoms with Gasteiger partial charge in [-0.25, -0.2) is 4.98 Å². The quantitative estimate of drug-likeness (QED) is 0.744. The highest BCUT2D eigenvalue weighted by atomic mass is 16.5. The summed E-state index contributed by atoms with van der Waals surface area (Å²) in [7, 11) is 0. The van der Waals surface area contributed by atoms with E-state index in [9.17, 15) is 9.59 Å². The van der Waals surface area contributed by atoms with Crippen molar-refractivity contribution in [1.82, 2.24) is 19.9 Å². The molecule has 0 aromatic carbocycles. The first kappa shape index (κ1) is 20.8. The molecule has 7 heteroatoms. The molecule has 7 nitrogen and oxygen atoms in total. The largest absolute Gasteiger partial charge is 0.339 e. The molecule has 0 radical (unpaired) electrons. The van der Waals surface area contributed by atoms with Crippen molar-refractivity contribution in [2.75, 3.05) is 26.2 Å². The fourth-order valence-corrected chi connectivity index (χ4v) is 4.69. The minimum atomic E-state index is -0.0337. The molecular weight excluding hydrogens is 380 g/mol. The predicted octanol–water partition coefficient (Wildman–Crippen LogP) is 3.91. The Labute approximate surface area is 177 Å². The number of hydrogen-bond acceptors (Lipinski definition) is 5. The van der Waals surface area contributed by atoms with Crippen LogP contribution in [0.5, 0.6) is 0 Å². The number of amides is 2. The van der Waals surface area contributed by atoms with Crippen LogP contribution in [0, 0.1) is 12.8 Å². The van der Waals surface area contributed by atoms with E-state index in [1.807, 2.05) is 36.6 Å². The number of fused-ring (bicyclic) bond motifs is 1. The molecule has 0 unspecified atom stereocenters. The maximum atomic E-state index is 13.3. The van der Waals surface area contributed by atoms with Gasteiger partial charge in [-0.2, -0.15) is 0 Å². The normalized spacial score (nSPS) is 18.0. The van der Waals surface area contributed by atoms with Gasteiger partial charge in [-0.05, 0) is 31.2 Å². The van der Waals surface area contributed by atoms with Gasteiger partial charge in [0.15, 0.2) is 0 Å². The van der Waals surface area contributed by atoms with Crippen LogP contribution in [0.15, 0.2) is 10.6 Å². The first-order chi connectivity index (χ1) is 14.4. The lowest BCUT2D eigenvalue weighted by Gasteiger charge is -2.35. The number of rotatable bonds is 5. The summed E-state index contributed by atoms with van der Waals surface area (Å²) in [6, 6.07) is 1.87. The fourth-order valence-electron chi connectivity index (χ4n) is 4.69. The Morgan fingerprint density at radius 2 is 1.80 bits per heavy atom. The third-order valence-electron chi connectivity index (χ3n) is 6.62. The maximum Gasteiger partial charge on any atom is 0.259 e. The van der Waals surface area contributed by atoms with Gasteiger partial charge < -0.3 is 14.3 Å². The second kappa shape index (κ2) is 8.74. The van der Waals surface area contributed by atoms with Crippen LogP contribution in [-0.2, 0) is 4.79 Å². The molecule has 2 aliphatic rings. The lowest BCUT2D eigenvalue weighted by molar-refractivity contribution is -0.133. The minimum Gasteiger partial charge on any atom is -0.339 e. The molecule has 0 bridgehead atoms. The molecule has 1 saturated carbocycles. The van der Waals surface area contributed by atoms with Gasteiger partial charge in [-0.15, -0.1) is 0 Å². The predicted molar refractivity (Wildman–Crippen MR) is 114 cm³/mol. The summed E-state index contributed by atoms with van der Waals surface area (Å²) < 4.78 is 5.35. The third-order valence-corrected chi connectivity index (χ3v) is 6.62. The van der Waals surface area contributed by atoms with Crippen molar-refractivity contribution in [3.05, 3.63) is 23.0 Å². The molecule has 1 aliphatic carbocycles. The number of carbonyl (C=O) groups is 2. The monoisotopic (exact) mass is 412 g/mol. The van der Waals surface area contributed by atoms with Crippen molar-refractivity contribution in [2.45, 2.75) is 65.2 Å². The zero-order valence-electron chi connectivity index (χ0n) is 18.3. The van der Waals surface area contributed by atoms with Crippen LogP contribution in [0.2, 0.25) is 0 Å². The van der Waals surface area contributed by atoms with E-state index in [2.05, 4.69) is 10.1 Å². The second-order valence-corrected chi connectivity index (χ2v) is 9.06. The molecular formula is C23H32N4O3. The standard InChI is InChI=1S/C23H32N4O3/c1-15(2)19-14-18(21-16(3)25-30-22(21)24-19)23(29)27-12-10-26(11-13-27)20(28)9-8-17-6-4-5-7-17/h14-15,17H,4-13H2,1-3H3. The molecule has 1 aliphatic heterocycles. The number of piperazine rings is 1. The maximum absolute atomic E-state index is 13.3. The molecule has 162 valence electrons. The van der Waals surface area contributed by atoms with Crippen LogP contribution in [0.4, 0.5) is 0 Å². The molecule has 1 saturated heterocycles.